The number of aryl methyl sites for hydroxylation is 2. The molecule has 0 aromatic heterocycles. The van der Waals surface area contributed by atoms with Crippen LogP contribution < -0.4 is 4.74 Å². The molecule has 0 bridgehead atoms. The average molecular weight is 274 g/mol. The summed E-state index contributed by atoms with van der Waals surface area (Å²) in [4.78, 5) is 0. The Morgan fingerprint density at radius 3 is 2.50 bits per heavy atom. The molecule has 2 rings (SSSR count). The van der Waals surface area contributed by atoms with E-state index in [9.17, 15) is 9.50 Å². The van der Waals surface area contributed by atoms with Gasteiger partial charge in [0, 0.05) is 6.42 Å². The molecule has 0 radical (unpaired) electrons. The van der Waals surface area contributed by atoms with Crippen molar-refractivity contribution in [1.82, 2.24) is 0 Å². The van der Waals surface area contributed by atoms with Gasteiger partial charge in [-0.25, -0.2) is 4.39 Å². The molecule has 0 spiro atoms. The molecule has 2 nitrogen and oxygen atoms in total. The second-order valence-electron chi connectivity index (χ2n) is 5.10. The van der Waals surface area contributed by atoms with Gasteiger partial charge in [0.05, 0.1) is 13.2 Å². The Bertz CT molecular complexity index is 588. The van der Waals surface area contributed by atoms with Gasteiger partial charge in [0.1, 0.15) is 11.6 Å². The minimum atomic E-state index is -0.750. The fraction of sp³-hybridized carbons (Fsp3) is 0.294. The Balaban J connectivity index is 2.27. The lowest BCUT2D eigenvalue weighted by Crippen LogP contribution is -2.04. The molecule has 1 atom stereocenters. The van der Waals surface area contributed by atoms with E-state index in [1.165, 1.54) is 12.1 Å². The zero-order valence-electron chi connectivity index (χ0n) is 12.0. The Morgan fingerprint density at radius 1 is 1.10 bits per heavy atom. The maximum absolute atomic E-state index is 13.4. The first-order valence-electron chi connectivity index (χ1n) is 6.58. The average Bonchev–Trinajstić information content (AvgIpc) is 2.37. The monoisotopic (exact) mass is 274 g/mol. The van der Waals surface area contributed by atoms with Crippen molar-refractivity contribution in [2.45, 2.75) is 26.4 Å². The molecule has 20 heavy (non-hydrogen) atoms. The van der Waals surface area contributed by atoms with E-state index in [0.29, 0.717) is 12.0 Å². The topological polar surface area (TPSA) is 29.5 Å². The standard InChI is InChI=1S/C17H19FO2/c1-11-4-5-17(20-3)14(6-11)10-16(19)13-7-12(2)8-15(18)9-13/h4-9,16,19H,10H2,1-3H3. The number of aliphatic hydroxyl groups excluding tert-OH is 1. The largest absolute Gasteiger partial charge is 0.496 e. The van der Waals surface area contributed by atoms with Crippen molar-refractivity contribution in [1.29, 1.82) is 0 Å². The van der Waals surface area contributed by atoms with Crippen molar-refractivity contribution in [2.24, 2.45) is 0 Å². The first kappa shape index (κ1) is 14.5. The van der Waals surface area contributed by atoms with Crippen molar-refractivity contribution < 1.29 is 14.2 Å². The van der Waals surface area contributed by atoms with Gasteiger partial charge in [-0.15, -0.1) is 0 Å². The van der Waals surface area contributed by atoms with Crippen molar-refractivity contribution in [2.75, 3.05) is 7.11 Å². The van der Waals surface area contributed by atoms with E-state index in [2.05, 4.69) is 0 Å². The molecular formula is C17H19FO2. The highest BCUT2D eigenvalue weighted by atomic mass is 19.1. The van der Waals surface area contributed by atoms with Crippen LogP contribution in [0.3, 0.4) is 0 Å². The molecule has 0 amide bonds. The highest BCUT2D eigenvalue weighted by Crippen LogP contribution is 2.26. The van der Waals surface area contributed by atoms with Gasteiger partial charge in [-0.1, -0.05) is 23.8 Å². The van der Waals surface area contributed by atoms with Gasteiger partial charge >= 0.3 is 0 Å². The number of hydrogen-bond donors (Lipinski definition) is 1. The second kappa shape index (κ2) is 6.06. The molecule has 1 N–H and O–H groups in total. The minimum absolute atomic E-state index is 0.324. The number of rotatable bonds is 4. The van der Waals surface area contributed by atoms with Crippen LogP contribution in [-0.2, 0) is 6.42 Å². The lowest BCUT2D eigenvalue weighted by Gasteiger charge is -2.15. The summed E-state index contributed by atoms with van der Waals surface area (Å²) < 4.78 is 18.7. The third-order valence-electron chi connectivity index (χ3n) is 3.30. The highest BCUT2D eigenvalue weighted by Gasteiger charge is 2.13. The number of halogens is 1. The molecule has 0 saturated carbocycles. The van der Waals surface area contributed by atoms with E-state index in [4.69, 9.17) is 4.74 Å². The van der Waals surface area contributed by atoms with Crippen LogP contribution in [0.4, 0.5) is 4.39 Å². The fourth-order valence-corrected chi connectivity index (χ4v) is 2.35. The van der Waals surface area contributed by atoms with E-state index in [1.807, 2.05) is 32.0 Å². The van der Waals surface area contributed by atoms with Crippen molar-refractivity contribution in [3.05, 3.63) is 64.5 Å². The number of ether oxygens (including phenoxy) is 1. The number of benzene rings is 2. The Kier molecular flexibility index (Phi) is 4.40. The SMILES string of the molecule is COc1ccc(C)cc1CC(O)c1cc(C)cc(F)c1. The lowest BCUT2D eigenvalue weighted by atomic mass is 9.98. The summed E-state index contributed by atoms with van der Waals surface area (Å²) >= 11 is 0. The first-order chi connectivity index (χ1) is 9.49. The molecule has 2 aromatic carbocycles. The molecule has 0 aliphatic rings. The zero-order chi connectivity index (χ0) is 14.7. The molecule has 106 valence electrons. The van der Waals surface area contributed by atoms with E-state index >= 15 is 0 Å². The summed E-state index contributed by atoms with van der Waals surface area (Å²) in [6.45, 7) is 3.80. The van der Waals surface area contributed by atoms with Crippen LogP contribution in [0.5, 0.6) is 5.75 Å². The second-order valence-corrected chi connectivity index (χ2v) is 5.10. The van der Waals surface area contributed by atoms with Crippen molar-refractivity contribution in [3.63, 3.8) is 0 Å². The van der Waals surface area contributed by atoms with E-state index in [1.54, 1.807) is 13.2 Å². The molecule has 0 aliphatic carbocycles. The maximum atomic E-state index is 13.4. The van der Waals surface area contributed by atoms with E-state index < -0.39 is 6.10 Å². The summed E-state index contributed by atoms with van der Waals surface area (Å²) in [5, 5.41) is 10.3. The van der Waals surface area contributed by atoms with Gasteiger partial charge in [-0.05, 0) is 48.7 Å². The molecule has 1 unspecified atom stereocenters. The van der Waals surface area contributed by atoms with Crippen LogP contribution in [0.1, 0.15) is 28.4 Å². The lowest BCUT2D eigenvalue weighted by molar-refractivity contribution is 0.176. The summed E-state index contributed by atoms with van der Waals surface area (Å²) in [7, 11) is 1.60. The zero-order valence-corrected chi connectivity index (χ0v) is 12.0. The van der Waals surface area contributed by atoms with Crippen molar-refractivity contribution >= 4 is 0 Å². The third-order valence-corrected chi connectivity index (χ3v) is 3.30. The minimum Gasteiger partial charge on any atom is -0.496 e. The Morgan fingerprint density at radius 2 is 1.85 bits per heavy atom. The fourth-order valence-electron chi connectivity index (χ4n) is 2.35. The smallest absolute Gasteiger partial charge is 0.123 e. The maximum Gasteiger partial charge on any atom is 0.123 e. The van der Waals surface area contributed by atoms with Gasteiger partial charge in [0.15, 0.2) is 0 Å². The van der Waals surface area contributed by atoms with Crippen LogP contribution in [0.2, 0.25) is 0 Å². The quantitative estimate of drug-likeness (QED) is 0.920. The molecule has 3 heteroatoms. The summed E-state index contributed by atoms with van der Waals surface area (Å²) in [6.07, 6.45) is -0.353. The van der Waals surface area contributed by atoms with E-state index in [0.717, 1.165) is 22.4 Å². The summed E-state index contributed by atoms with van der Waals surface area (Å²) in [6, 6.07) is 10.4. The van der Waals surface area contributed by atoms with Crippen LogP contribution in [0.15, 0.2) is 36.4 Å². The number of hydrogen-bond acceptors (Lipinski definition) is 2. The predicted octanol–water partition coefficient (Wildman–Crippen LogP) is 3.73. The summed E-state index contributed by atoms with van der Waals surface area (Å²) in [5.74, 6) is 0.415. The number of aliphatic hydroxyl groups is 1. The molecule has 0 heterocycles. The van der Waals surface area contributed by atoms with Crippen LogP contribution >= 0.6 is 0 Å². The predicted molar refractivity (Wildman–Crippen MR) is 77.5 cm³/mol. The molecule has 0 saturated heterocycles. The third kappa shape index (κ3) is 3.36. The van der Waals surface area contributed by atoms with Crippen molar-refractivity contribution in [3.8, 4) is 5.75 Å². The highest BCUT2D eigenvalue weighted by molar-refractivity contribution is 5.38. The molecular weight excluding hydrogens is 255 g/mol. The van der Waals surface area contributed by atoms with Gasteiger partial charge in [-0.2, -0.15) is 0 Å². The molecule has 2 aromatic rings. The Labute approximate surface area is 118 Å². The van der Waals surface area contributed by atoms with E-state index in [-0.39, 0.29) is 5.82 Å². The number of methoxy groups -OCH3 is 1. The van der Waals surface area contributed by atoms with Crippen LogP contribution in [0, 0.1) is 19.7 Å². The van der Waals surface area contributed by atoms with Gasteiger partial charge in [0.2, 0.25) is 0 Å². The van der Waals surface area contributed by atoms with Gasteiger partial charge < -0.3 is 9.84 Å². The molecule has 0 aliphatic heterocycles. The van der Waals surface area contributed by atoms with Gasteiger partial charge in [0.25, 0.3) is 0 Å². The molecule has 0 fully saturated rings. The summed E-state index contributed by atoms with van der Waals surface area (Å²) in [5.41, 5.74) is 3.41. The normalized spacial score (nSPS) is 12.2. The Hall–Kier alpha value is -1.87. The van der Waals surface area contributed by atoms with Crippen LogP contribution in [-0.4, -0.2) is 12.2 Å². The van der Waals surface area contributed by atoms with Crippen LogP contribution in [0.25, 0.3) is 0 Å². The first-order valence-corrected chi connectivity index (χ1v) is 6.58. The van der Waals surface area contributed by atoms with Gasteiger partial charge in [-0.3, -0.25) is 0 Å².